The smallest absolute Gasteiger partial charge is 0.226 e. The predicted molar refractivity (Wildman–Crippen MR) is 72.5 cm³/mol. The molecule has 1 aromatic rings. The van der Waals surface area contributed by atoms with E-state index < -0.39 is 0 Å². The highest BCUT2D eigenvalue weighted by Crippen LogP contribution is 2.23. The van der Waals surface area contributed by atoms with E-state index in [4.69, 9.17) is 0 Å². The molecule has 0 saturated carbocycles. The largest absolute Gasteiger partial charge is 0.362 e. The van der Waals surface area contributed by atoms with E-state index in [2.05, 4.69) is 27.7 Å². The molecule has 5 heteroatoms. The summed E-state index contributed by atoms with van der Waals surface area (Å²) in [4.78, 5) is 14.2. The van der Waals surface area contributed by atoms with Crippen molar-refractivity contribution in [2.45, 2.75) is 25.3 Å². The standard InChI is InChI=1S/C14H18N4O/c19-14(11-5-2-1-3-6-11)18-9-12(10-18)16-13-7-4-8-15-17-13/h1-2,4,7-8,11-12H,3,5-6,9-10H2,(H,16,17)/t11-/m1/s1. The first-order valence-electron chi connectivity index (χ1n) is 6.81. The minimum atomic E-state index is 0.197. The molecule has 0 aromatic carbocycles. The number of allylic oxidation sites excluding steroid dienone is 2. The van der Waals surface area contributed by atoms with Gasteiger partial charge < -0.3 is 10.2 Å². The molecule has 1 aromatic heterocycles. The van der Waals surface area contributed by atoms with Gasteiger partial charge in [0.1, 0.15) is 5.82 Å². The van der Waals surface area contributed by atoms with Crippen molar-refractivity contribution in [3.63, 3.8) is 0 Å². The lowest BCUT2D eigenvalue weighted by Gasteiger charge is -2.41. The van der Waals surface area contributed by atoms with Crippen LogP contribution in [0.25, 0.3) is 0 Å². The van der Waals surface area contributed by atoms with Crippen LogP contribution >= 0.6 is 0 Å². The average molecular weight is 258 g/mol. The van der Waals surface area contributed by atoms with Crippen molar-refractivity contribution in [2.24, 2.45) is 5.92 Å². The highest BCUT2D eigenvalue weighted by molar-refractivity contribution is 5.80. The molecule has 1 amide bonds. The van der Waals surface area contributed by atoms with Crippen molar-refractivity contribution >= 4 is 11.7 Å². The van der Waals surface area contributed by atoms with E-state index in [-0.39, 0.29) is 5.92 Å². The number of likely N-dealkylation sites (tertiary alicyclic amines) is 1. The Labute approximate surface area is 112 Å². The highest BCUT2D eigenvalue weighted by Gasteiger charge is 2.34. The number of aromatic nitrogens is 2. The van der Waals surface area contributed by atoms with Gasteiger partial charge in [0.05, 0.1) is 6.04 Å². The number of carbonyl (C=O) groups is 1. The van der Waals surface area contributed by atoms with Crippen LogP contribution in [0, 0.1) is 5.92 Å². The van der Waals surface area contributed by atoms with Crippen molar-refractivity contribution < 1.29 is 4.79 Å². The Morgan fingerprint density at radius 2 is 2.26 bits per heavy atom. The van der Waals surface area contributed by atoms with E-state index in [1.807, 2.05) is 17.0 Å². The Kier molecular flexibility index (Phi) is 3.44. The highest BCUT2D eigenvalue weighted by atomic mass is 16.2. The number of nitrogens with one attached hydrogen (secondary N) is 1. The maximum atomic E-state index is 12.2. The summed E-state index contributed by atoms with van der Waals surface area (Å²) < 4.78 is 0. The molecular formula is C14H18N4O. The van der Waals surface area contributed by atoms with Gasteiger partial charge in [0, 0.05) is 25.2 Å². The molecule has 3 rings (SSSR count). The third kappa shape index (κ3) is 2.75. The van der Waals surface area contributed by atoms with Crippen LogP contribution in [0.2, 0.25) is 0 Å². The van der Waals surface area contributed by atoms with E-state index in [0.29, 0.717) is 11.9 Å². The van der Waals surface area contributed by atoms with Gasteiger partial charge in [-0.1, -0.05) is 12.2 Å². The van der Waals surface area contributed by atoms with Crippen LogP contribution in [0.15, 0.2) is 30.5 Å². The summed E-state index contributed by atoms with van der Waals surface area (Å²) >= 11 is 0. The molecule has 1 saturated heterocycles. The number of rotatable bonds is 3. The van der Waals surface area contributed by atoms with E-state index in [1.54, 1.807) is 6.20 Å². The van der Waals surface area contributed by atoms with Crippen LogP contribution in [0.3, 0.4) is 0 Å². The van der Waals surface area contributed by atoms with Gasteiger partial charge in [-0.2, -0.15) is 5.10 Å². The Hall–Kier alpha value is -1.91. The SMILES string of the molecule is O=C([C@@H]1CC=CCC1)N1CC(Nc2cccnn2)C1. The molecule has 2 aliphatic rings. The van der Waals surface area contributed by atoms with Gasteiger partial charge in [0.25, 0.3) is 0 Å². The summed E-state index contributed by atoms with van der Waals surface area (Å²) in [6.45, 7) is 1.55. The summed E-state index contributed by atoms with van der Waals surface area (Å²) in [7, 11) is 0. The van der Waals surface area contributed by atoms with Gasteiger partial charge in [-0.25, -0.2) is 0 Å². The maximum Gasteiger partial charge on any atom is 0.226 e. The van der Waals surface area contributed by atoms with Gasteiger partial charge in [-0.05, 0) is 31.4 Å². The topological polar surface area (TPSA) is 58.1 Å². The van der Waals surface area contributed by atoms with Crippen LogP contribution in [0.5, 0.6) is 0 Å². The molecule has 0 radical (unpaired) electrons. The minimum absolute atomic E-state index is 0.197. The average Bonchev–Trinajstić information content (AvgIpc) is 2.44. The lowest BCUT2D eigenvalue weighted by atomic mass is 9.91. The molecule has 100 valence electrons. The zero-order valence-corrected chi connectivity index (χ0v) is 10.8. The molecule has 1 aliphatic carbocycles. The van der Waals surface area contributed by atoms with Gasteiger partial charge in [0.15, 0.2) is 0 Å². The molecule has 0 spiro atoms. The third-order valence-electron chi connectivity index (χ3n) is 3.74. The van der Waals surface area contributed by atoms with Crippen LogP contribution in [-0.2, 0) is 4.79 Å². The summed E-state index contributed by atoms with van der Waals surface area (Å²) in [6.07, 6.45) is 8.87. The zero-order chi connectivity index (χ0) is 13.1. The molecular weight excluding hydrogens is 240 g/mol. The normalized spacial score (nSPS) is 22.9. The molecule has 19 heavy (non-hydrogen) atoms. The summed E-state index contributed by atoms with van der Waals surface area (Å²) in [5.74, 6) is 1.28. The summed E-state index contributed by atoms with van der Waals surface area (Å²) in [5.41, 5.74) is 0. The van der Waals surface area contributed by atoms with Gasteiger partial charge in [-0.3, -0.25) is 4.79 Å². The van der Waals surface area contributed by atoms with Crippen LogP contribution < -0.4 is 5.32 Å². The molecule has 1 N–H and O–H groups in total. The van der Waals surface area contributed by atoms with Gasteiger partial charge in [0.2, 0.25) is 5.91 Å². The molecule has 0 unspecified atom stereocenters. The van der Waals surface area contributed by atoms with Crippen LogP contribution in [-0.4, -0.2) is 40.1 Å². The second kappa shape index (κ2) is 5.38. The molecule has 5 nitrogen and oxygen atoms in total. The van der Waals surface area contributed by atoms with Crippen molar-refractivity contribution in [1.29, 1.82) is 0 Å². The number of nitrogens with zero attached hydrogens (tertiary/aromatic N) is 3. The van der Waals surface area contributed by atoms with Crippen molar-refractivity contribution in [1.82, 2.24) is 15.1 Å². The fourth-order valence-corrected chi connectivity index (χ4v) is 2.61. The molecule has 0 bridgehead atoms. The lowest BCUT2D eigenvalue weighted by molar-refractivity contribution is -0.139. The number of carbonyl (C=O) groups excluding carboxylic acids is 1. The Morgan fingerprint density at radius 3 is 2.95 bits per heavy atom. The maximum absolute atomic E-state index is 12.2. The first-order valence-corrected chi connectivity index (χ1v) is 6.81. The fourth-order valence-electron chi connectivity index (χ4n) is 2.61. The van der Waals surface area contributed by atoms with E-state index in [9.17, 15) is 4.79 Å². The van der Waals surface area contributed by atoms with Gasteiger partial charge in [-0.15, -0.1) is 5.10 Å². The van der Waals surface area contributed by atoms with E-state index in [1.165, 1.54) is 0 Å². The second-order valence-corrected chi connectivity index (χ2v) is 5.17. The molecule has 1 fully saturated rings. The lowest BCUT2D eigenvalue weighted by Crippen LogP contribution is -2.58. The third-order valence-corrected chi connectivity index (χ3v) is 3.74. The number of hydrogen-bond donors (Lipinski definition) is 1. The Bertz CT molecular complexity index is 468. The zero-order valence-electron chi connectivity index (χ0n) is 10.8. The first-order chi connectivity index (χ1) is 9.33. The Balaban J connectivity index is 1.47. The monoisotopic (exact) mass is 258 g/mol. The summed E-state index contributed by atoms with van der Waals surface area (Å²) in [6, 6.07) is 4.05. The van der Waals surface area contributed by atoms with Crippen molar-refractivity contribution in [3.05, 3.63) is 30.5 Å². The quantitative estimate of drug-likeness (QED) is 0.834. The van der Waals surface area contributed by atoms with Crippen molar-refractivity contribution in [2.75, 3.05) is 18.4 Å². The van der Waals surface area contributed by atoms with Gasteiger partial charge >= 0.3 is 0 Å². The van der Waals surface area contributed by atoms with Crippen molar-refractivity contribution in [3.8, 4) is 0 Å². The van der Waals surface area contributed by atoms with Crippen LogP contribution in [0.1, 0.15) is 19.3 Å². The number of hydrogen-bond acceptors (Lipinski definition) is 4. The first kappa shape index (κ1) is 12.1. The van der Waals surface area contributed by atoms with E-state index >= 15 is 0 Å². The Morgan fingerprint density at radius 1 is 1.37 bits per heavy atom. The van der Waals surface area contributed by atoms with Crippen LogP contribution in [0.4, 0.5) is 5.82 Å². The minimum Gasteiger partial charge on any atom is -0.362 e. The number of amides is 1. The molecule has 1 aliphatic heterocycles. The molecule has 2 heterocycles. The second-order valence-electron chi connectivity index (χ2n) is 5.17. The fraction of sp³-hybridized carbons (Fsp3) is 0.500. The predicted octanol–water partition coefficient (Wildman–Crippen LogP) is 1.46. The summed E-state index contributed by atoms with van der Waals surface area (Å²) in [5, 5.41) is 11.1. The number of anilines is 1. The molecule has 1 atom stereocenters. The van der Waals surface area contributed by atoms with E-state index in [0.717, 1.165) is 38.2 Å².